The highest BCUT2D eigenvalue weighted by Gasteiger charge is 2.26. The minimum absolute atomic E-state index is 0. The predicted molar refractivity (Wildman–Crippen MR) is 129 cm³/mol. The van der Waals surface area contributed by atoms with Crippen LogP contribution in [0.4, 0.5) is 0 Å². The van der Waals surface area contributed by atoms with Crippen molar-refractivity contribution in [2.75, 3.05) is 33.3 Å². The molecule has 2 aromatic rings. The van der Waals surface area contributed by atoms with Gasteiger partial charge in [-0.2, -0.15) is 0 Å². The number of aliphatic imine (C=N–C) groups is 1. The Morgan fingerprint density at radius 1 is 1.43 bits per heavy atom. The number of morpholine rings is 1. The summed E-state index contributed by atoms with van der Waals surface area (Å²) in [6, 6.07) is 4.66. The van der Waals surface area contributed by atoms with E-state index in [9.17, 15) is 0 Å². The van der Waals surface area contributed by atoms with Crippen LogP contribution in [-0.4, -0.2) is 55.2 Å². The Labute approximate surface area is 192 Å². The van der Waals surface area contributed by atoms with Crippen LogP contribution in [0, 0.1) is 0 Å². The smallest absolute Gasteiger partial charge is 0.191 e. The quantitative estimate of drug-likeness (QED) is 0.323. The molecule has 1 aliphatic rings. The van der Waals surface area contributed by atoms with E-state index in [4.69, 9.17) is 4.74 Å². The number of aromatic nitrogens is 1. The third kappa shape index (κ3) is 6.65. The highest BCUT2D eigenvalue weighted by atomic mass is 127. The topological polar surface area (TPSA) is 61.8 Å². The number of hydrogen-bond acceptors (Lipinski definition) is 6. The van der Waals surface area contributed by atoms with Gasteiger partial charge in [0.15, 0.2) is 5.96 Å². The SMILES string of the molecule is CCc1nc(CNC(=NC)NCC(c2cccs2)N2CCOC(C)C2)cs1.I. The van der Waals surface area contributed by atoms with Gasteiger partial charge in [0, 0.05) is 36.9 Å². The van der Waals surface area contributed by atoms with Crippen molar-refractivity contribution < 1.29 is 4.74 Å². The van der Waals surface area contributed by atoms with E-state index < -0.39 is 0 Å². The minimum atomic E-state index is 0. The van der Waals surface area contributed by atoms with E-state index in [0.717, 1.165) is 44.3 Å². The van der Waals surface area contributed by atoms with Gasteiger partial charge in [-0.15, -0.1) is 46.7 Å². The third-order valence-corrected chi connectivity index (χ3v) is 6.63. The summed E-state index contributed by atoms with van der Waals surface area (Å²) in [5.74, 6) is 0.809. The van der Waals surface area contributed by atoms with Crippen LogP contribution in [0.5, 0.6) is 0 Å². The van der Waals surface area contributed by atoms with Crippen molar-refractivity contribution in [3.8, 4) is 0 Å². The number of thiazole rings is 1. The molecule has 2 unspecified atom stereocenters. The molecule has 3 heterocycles. The van der Waals surface area contributed by atoms with Crippen LogP contribution in [0.25, 0.3) is 0 Å². The second kappa shape index (κ2) is 12.1. The van der Waals surface area contributed by atoms with Gasteiger partial charge in [0.1, 0.15) is 0 Å². The van der Waals surface area contributed by atoms with Crippen molar-refractivity contribution in [1.29, 1.82) is 0 Å². The van der Waals surface area contributed by atoms with Crippen molar-refractivity contribution in [1.82, 2.24) is 20.5 Å². The first-order valence-corrected chi connectivity index (χ1v) is 11.2. The van der Waals surface area contributed by atoms with Crippen molar-refractivity contribution in [3.63, 3.8) is 0 Å². The molecule has 0 bridgehead atoms. The van der Waals surface area contributed by atoms with Crippen molar-refractivity contribution in [2.24, 2.45) is 4.99 Å². The molecule has 3 rings (SSSR count). The molecule has 156 valence electrons. The zero-order valence-corrected chi connectivity index (χ0v) is 20.6. The van der Waals surface area contributed by atoms with Gasteiger partial charge in [0.2, 0.25) is 0 Å². The van der Waals surface area contributed by atoms with Crippen LogP contribution in [0.3, 0.4) is 0 Å². The second-order valence-electron chi connectivity index (χ2n) is 6.60. The lowest BCUT2D eigenvalue weighted by atomic mass is 10.1. The first-order chi connectivity index (χ1) is 13.2. The molecular weight excluding hydrogens is 505 g/mol. The number of guanidine groups is 1. The maximum Gasteiger partial charge on any atom is 0.191 e. The molecular formula is C19H30IN5OS2. The zero-order valence-electron chi connectivity index (χ0n) is 16.7. The highest BCUT2D eigenvalue weighted by Crippen LogP contribution is 2.26. The van der Waals surface area contributed by atoms with E-state index in [0.29, 0.717) is 12.6 Å². The largest absolute Gasteiger partial charge is 0.376 e. The highest BCUT2D eigenvalue weighted by molar-refractivity contribution is 14.0. The van der Waals surface area contributed by atoms with Crippen LogP contribution < -0.4 is 10.6 Å². The lowest BCUT2D eigenvalue weighted by Crippen LogP contribution is -2.47. The molecule has 2 N–H and O–H groups in total. The first kappa shape index (κ1) is 23.5. The van der Waals surface area contributed by atoms with Crippen LogP contribution >= 0.6 is 46.7 Å². The molecule has 1 fully saturated rings. The van der Waals surface area contributed by atoms with Crippen molar-refractivity contribution in [2.45, 2.75) is 39.0 Å². The number of hydrogen-bond donors (Lipinski definition) is 2. The minimum Gasteiger partial charge on any atom is -0.376 e. The van der Waals surface area contributed by atoms with E-state index in [1.807, 2.05) is 18.4 Å². The molecule has 1 aliphatic heterocycles. The predicted octanol–water partition coefficient (Wildman–Crippen LogP) is 3.51. The number of thiophene rings is 1. The van der Waals surface area contributed by atoms with Gasteiger partial charge in [-0.1, -0.05) is 13.0 Å². The molecule has 0 radical (unpaired) electrons. The van der Waals surface area contributed by atoms with Crippen LogP contribution in [0.1, 0.15) is 35.5 Å². The van der Waals surface area contributed by atoms with E-state index in [1.165, 1.54) is 9.88 Å². The summed E-state index contributed by atoms with van der Waals surface area (Å²) in [5.41, 5.74) is 1.07. The fourth-order valence-electron chi connectivity index (χ4n) is 3.20. The Hall–Kier alpha value is -0.750. The molecule has 0 saturated carbocycles. The third-order valence-electron chi connectivity index (χ3n) is 4.61. The molecule has 0 spiro atoms. The van der Waals surface area contributed by atoms with Crippen LogP contribution in [0.2, 0.25) is 0 Å². The summed E-state index contributed by atoms with van der Waals surface area (Å²) in [6.45, 7) is 8.48. The normalized spacial score (nSPS) is 19.1. The molecule has 0 aromatic carbocycles. The Balaban J connectivity index is 0.00000280. The van der Waals surface area contributed by atoms with Gasteiger partial charge in [-0.3, -0.25) is 9.89 Å². The molecule has 0 aliphatic carbocycles. The second-order valence-corrected chi connectivity index (χ2v) is 8.52. The Bertz CT molecular complexity index is 722. The lowest BCUT2D eigenvalue weighted by molar-refractivity contribution is -0.0334. The number of nitrogens with zero attached hydrogens (tertiary/aromatic N) is 3. The number of ether oxygens (including phenoxy) is 1. The molecule has 9 heteroatoms. The summed E-state index contributed by atoms with van der Waals surface area (Å²) in [6.07, 6.45) is 1.26. The number of aryl methyl sites for hydroxylation is 1. The van der Waals surface area contributed by atoms with Gasteiger partial charge in [0.25, 0.3) is 0 Å². The monoisotopic (exact) mass is 535 g/mol. The Morgan fingerprint density at radius 3 is 2.93 bits per heavy atom. The summed E-state index contributed by atoms with van der Waals surface area (Å²) in [5, 5.41) is 12.3. The average Bonchev–Trinajstić information content (AvgIpc) is 3.36. The van der Waals surface area contributed by atoms with Crippen LogP contribution in [-0.2, 0) is 17.7 Å². The fourth-order valence-corrected chi connectivity index (χ4v) is 4.81. The molecule has 1 saturated heterocycles. The van der Waals surface area contributed by atoms with E-state index in [-0.39, 0.29) is 30.1 Å². The Morgan fingerprint density at radius 2 is 2.29 bits per heavy atom. The molecule has 2 atom stereocenters. The van der Waals surface area contributed by atoms with E-state index in [1.54, 1.807) is 11.3 Å². The number of rotatable bonds is 7. The van der Waals surface area contributed by atoms with E-state index in [2.05, 4.69) is 62.3 Å². The summed E-state index contributed by atoms with van der Waals surface area (Å²) in [7, 11) is 1.81. The molecule has 28 heavy (non-hydrogen) atoms. The summed E-state index contributed by atoms with van der Waals surface area (Å²) >= 11 is 3.53. The van der Waals surface area contributed by atoms with Crippen LogP contribution in [0.15, 0.2) is 27.9 Å². The summed E-state index contributed by atoms with van der Waals surface area (Å²) < 4.78 is 5.72. The molecule has 0 amide bonds. The zero-order chi connectivity index (χ0) is 19.1. The lowest BCUT2D eigenvalue weighted by Gasteiger charge is -2.37. The van der Waals surface area contributed by atoms with E-state index >= 15 is 0 Å². The fraction of sp³-hybridized carbons (Fsp3) is 0.579. The van der Waals surface area contributed by atoms with Gasteiger partial charge in [0.05, 0.1) is 36.0 Å². The summed E-state index contributed by atoms with van der Waals surface area (Å²) in [4.78, 5) is 12.9. The van der Waals surface area contributed by atoms with Gasteiger partial charge in [-0.25, -0.2) is 4.98 Å². The van der Waals surface area contributed by atoms with Gasteiger partial charge >= 0.3 is 0 Å². The average molecular weight is 536 g/mol. The molecule has 6 nitrogen and oxygen atoms in total. The number of halogens is 1. The van der Waals surface area contributed by atoms with Crippen molar-refractivity contribution in [3.05, 3.63) is 38.5 Å². The van der Waals surface area contributed by atoms with Gasteiger partial charge < -0.3 is 15.4 Å². The standard InChI is InChI=1S/C19H29N5OS2.HI/c1-4-18-23-15(13-27-18)10-21-19(20-3)22-11-16(17-6-5-9-26-17)24-7-8-25-14(2)12-24;/h5-6,9,13-14,16H,4,7-8,10-12H2,1-3H3,(H2,20,21,22);1H. The van der Waals surface area contributed by atoms with Crippen molar-refractivity contribution >= 4 is 52.6 Å². The number of nitrogens with one attached hydrogen (secondary N) is 2. The maximum atomic E-state index is 5.72. The van der Waals surface area contributed by atoms with Gasteiger partial charge in [-0.05, 0) is 24.8 Å². The Kier molecular flexibility index (Phi) is 10.1. The maximum absolute atomic E-state index is 5.72. The first-order valence-electron chi connectivity index (χ1n) is 9.46. The molecule has 2 aromatic heterocycles.